The molecule has 1 saturated carbocycles. The SMILES string of the molecule is C[C@H]([C@H](C(=O)Nc1ccc(Cl)c(CC2CC2)c1F)c1ccc(Cl)cc1)C(F)(F)F. The van der Waals surface area contributed by atoms with E-state index >= 15 is 0 Å². The molecule has 1 aliphatic carbocycles. The predicted octanol–water partition coefficient (Wildman–Crippen LogP) is 7.01. The lowest BCUT2D eigenvalue weighted by Gasteiger charge is -2.26. The maximum Gasteiger partial charge on any atom is 0.392 e. The minimum absolute atomic E-state index is 0.143. The first-order valence-corrected chi connectivity index (χ1v) is 9.93. The molecule has 1 aliphatic rings. The molecule has 3 rings (SSSR count). The molecule has 29 heavy (non-hydrogen) atoms. The van der Waals surface area contributed by atoms with Gasteiger partial charge in [0.2, 0.25) is 5.91 Å². The van der Waals surface area contributed by atoms with Crippen molar-refractivity contribution in [2.45, 2.75) is 38.3 Å². The predicted molar refractivity (Wildman–Crippen MR) is 106 cm³/mol. The summed E-state index contributed by atoms with van der Waals surface area (Å²) in [6.45, 7) is 0.926. The fourth-order valence-corrected chi connectivity index (χ4v) is 3.58. The van der Waals surface area contributed by atoms with E-state index < -0.39 is 29.7 Å². The quantitative estimate of drug-likeness (QED) is 0.474. The molecule has 156 valence electrons. The van der Waals surface area contributed by atoms with Gasteiger partial charge in [-0.15, -0.1) is 0 Å². The highest BCUT2D eigenvalue weighted by Crippen LogP contribution is 2.40. The van der Waals surface area contributed by atoms with Gasteiger partial charge in [0.05, 0.1) is 17.5 Å². The van der Waals surface area contributed by atoms with Crippen LogP contribution in [0.3, 0.4) is 0 Å². The van der Waals surface area contributed by atoms with Crippen molar-refractivity contribution >= 4 is 34.8 Å². The van der Waals surface area contributed by atoms with Crippen LogP contribution in [0.5, 0.6) is 0 Å². The number of anilines is 1. The number of alkyl halides is 3. The number of halogens is 6. The van der Waals surface area contributed by atoms with Crippen LogP contribution < -0.4 is 5.32 Å². The monoisotopic (exact) mass is 447 g/mol. The number of hydrogen-bond acceptors (Lipinski definition) is 1. The third kappa shape index (κ3) is 5.23. The van der Waals surface area contributed by atoms with Crippen LogP contribution in [0, 0.1) is 17.7 Å². The molecule has 0 unspecified atom stereocenters. The summed E-state index contributed by atoms with van der Waals surface area (Å²) < 4.78 is 55.1. The van der Waals surface area contributed by atoms with E-state index in [0.717, 1.165) is 19.8 Å². The zero-order valence-corrected chi connectivity index (χ0v) is 17.0. The highest BCUT2D eigenvalue weighted by atomic mass is 35.5. The molecule has 0 radical (unpaired) electrons. The Labute approximate surface area is 176 Å². The van der Waals surface area contributed by atoms with Crippen molar-refractivity contribution < 1.29 is 22.4 Å². The Morgan fingerprint density at radius 3 is 2.31 bits per heavy atom. The fourth-order valence-electron chi connectivity index (χ4n) is 3.23. The summed E-state index contributed by atoms with van der Waals surface area (Å²) in [5, 5.41) is 2.91. The normalized spacial score (nSPS) is 16.4. The number of nitrogens with one attached hydrogen (secondary N) is 1. The van der Waals surface area contributed by atoms with Crippen LogP contribution in [0.15, 0.2) is 36.4 Å². The molecule has 0 aromatic heterocycles. The van der Waals surface area contributed by atoms with Gasteiger partial charge in [-0.1, -0.05) is 42.3 Å². The number of rotatable bonds is 6. The van der Waals surface area contributed by atoms with Gasteiger partial charge >= 0.3 is 6.18 Å². The van der Waals surface area contributed by atoms with Gasteiger partial charge in [0.25, 0.3) is 0 Å². The number of amides is 1. The highest BCUT2D eigenvalue weighted by molar-refractivity contribution is 6.31. The first kappa shape index (κ1) is 21.9. The lowest BCUT2D eigenvalue weighted by Crippen LogP contribution is -2.34. The summed E-state index contributed by atoms with van der Waals surface area (Å²) in [6, 6.07) is 8.27. The van der Waals surface area contributed by atoms with E-state index in [1.807, 2.05) is 0 Å². The van der Waals surface area contributed by atoms with Gasteiger partial charge in [0.15, 0.2) is 5.82 Å². The van der Waals surface area contributed by atoms with Gasteiger partial charge in [-0.3, -0.25) is 4.79 Å². The molecule has 2 aromatic rings. The molecule has 2 aromatic carbocycles. The molecule has 0 saturated heterocycles. The topological polar surface area (TPSA) is 29.1 Å². The Kier molecular flexibility index (Phi) is 6.44. The summed E-state index contributed by atoms with van der Waals surface area (Å²) in [6.07, 6.45) is -2.21. The minimum Gasteiger partial charge on any atom is -0.323 e. The average molecular weight is 448 g/mol. The first-order valence-electron chi connectivity index (χ1n) is 9.18. The molecule has 0 aliphatic heterocycles. The standard InChI is InChI=1S/C21H19Cl2F4NO/c1-11(21(25,26)27)18(13-4-6-14(22)7-5-13)20(29)28-17-9-8-16(23)15(19(17)24)10-12-2-3-12/h4-9,11-12,18H,2-3,10H2,1H3,(H,28,29)/t11-,18+/m1/s1. The highest BCUT2D eigenvalue weighted by Gasteiger charge is 2.45. The van der Waals surface area contributed by atoms with Gasteiger partial charge in [0.1, 0.15) is 0 Å². The maximum absolute atomic E-state index is 14.9. The lowest BCUT2D eigenvalue weighted by atomic mass is 9.85. The van der Waals surface area contributed by atoms with Gasteiger partial charge in [-0.25, -0.2) is 4.39 Å². The first-order chi connectivity index (χ1) is 13.6. The molecule has 1 fully saturated rings. The van der Waals surface area contributed by atoms with Crippen molar-refractivity contribution in [1.29, 1.82) is 0 Å². The molecule has 2 atom stereocenters. The second kappa shape index (κ2) is 8.52. The number of hydrogen-bond donors (Lipinski definition) is 1. The smallest absolute Gasteiger partial charge is 0.323 e. The molecule has 0 bridgehead atoms. The fraction of sp³-hybridized carbons (Fsp3) is 0.381. The molecule has 8 heteroatoms. The number of carbonyl (C=O) groups is 1. The summed E-state index contributed by atoms with van der Waals surface area (Å²) in [5.74, 6) is -4.85. The van der Waals surface area contributed by atoms with Crippen LogP contribution in [0.2, 0.25) is 10.0 Å². The Hall–Kier alpha value is -1.79. The summed E-state index contributed by atoms with van der Waals surface area (Å²) in [4.78, 5) is 12.8. The van der Waals surface area contributed by atoms with E-state index in [1.165, 1.54) is 36.4 Å². The van der Waals surface area contributed by atoms with E-state index in [9.17, 15) is 22.4 Å². The molecule has 1 amide bonds. The second-order valence-electron chi connectivity index (χ2n) is 7.38. The van der Waals surface area contributed by atoms with Crippen LogP contribution in [0.25, 0.3) is 0 Å². The third-order valence-corrected chi connectivity index (χ3v) is 5.77. The summed E-state index contributed by atoms with van der Waals surface area (Å²) in [5.41, 5.74) is 0.242. The van der Waals surface area contributed by atoms with E-state index in [2.05, 4.69) is 5.32 Å². The Bertz CT molecular complexity index is 895. The number of benzene rings is 2. The van der Waals surface area contributed by atoms with Crippen molar-refractivity contribution in [3.8, 4) is 0 Å². The largest absolute Gasteiger partial charge is 0.392 e. The Morgan fingerprint density at radius 2 is 1.76 bits per heavy atom. The Balaban J connectivity index is 1.91. The van der Waals surface area contributed by atoms with E-state index in [4.69, 9.17) is 23.2 Å². The zero-order chi connectivity index (χ0) is 21.3. The van der Waals surface area contributed by atoms with E-state index in [1.54, 1.807) is 0 Å². The minimum atomic E-state index is -4.61. The van der Waals surface area contributed by atoms with Crippen LogP contribution in [-0.2, 0) is 11.2 Å². The van der Waals surface area contributed by atoms with Gasteiger partial charge in [-0.2, -0.15) is 13.2 Å². The van der Waals surface area contributed by atoms with E-state index in [-0.39, 0.29) is 21.8 Å². The van der Waals surface area contributed by atoms with Crippen molar-refractivity contribution in [1.82, 2.24) is 0 Å². The van der Waals surface area contributed by atoms with Gasteiger partial charge < -0.3 is 5.32 Å². The second-order valence-corrected chi connectivity index (χ2v) is 8.23. The van der Waals surface area contributed by atoms with Crippen LogP contribution in [0.1, 0.15) is 36.8 Å². The lowest BCUT2D eigenvalue weighted by molar-refractivity contribution is -0.178. The van der Waals surface area contributed by atoms with Crippen molar-refractivity contribution in [3.63, 3.8) is 0 Å². The Morgan fingerprint density at radius 1 is 1.14 bits per heavy atom. The van der Waals surface area contributed by atoms with Crippen LogP contribution >= 0.6 is 23.2 Å². The molecule has 2 nitrogen and oxygen atoms in total. The van der Waals surface area contributed by atoms with Crippen molar-refractivity contribution in [2.24, 2.45) is 11.8 Å². The van der Waals surface area contributed by atoms with Crippen molar-refractivity contribution in [3.05, 3.63) is 63.4 Å². The zero-order valence-electron chi connectivity index (χ0n) is 15.5. The van der Waals surface area contributed by atoms with E-state index in [0.29, 0.717) is 17.4 Å². The average Bonchev–Trinajstić information content (AvgIpc) is 3.46. The summed E-state index contributed by atoms with van der Waals surface area (Å²) in [7, 11) is 0. The maximum atomic E-state index is 14.9. The van der Waals surface area contributed by atoms with Gasteiger partial charge in [-0.05, 0) is 55.0 Å². The van der Waals surface area contributed by atoms with Gasteiger partial charge in [0, 0.05) is 15.6 Å². The molecule has 1 N–H and O–H groups in total. The summed E-state index contributed by atoms with van der Waals surface area (Å²) >= 11 is 11.9. The molecule has 0 heterocycles. The molecule has 0 spiro atoms. The van der Waals surface area contributed by atoms with Crippen LogP contribution in [-0.4, -0.2) is 12.1 Å². The third-order valence-electron chi connectivity index (χ3n) is 5.16. The van der Waals surface area contributed by atoms with Crippen molar-refractivity contribution in [2.75, 3.05) is 5.32 Å². The van der Waals surface area contributed by atoms with Crippen LogP contribution in [0.4, 0.5) is 23.2 Å². The molecular formula is C21H19Cl2F4NO. The molecular weight excluding hydrogens is 429 g/mol. The number of carbonyl (C=O) groups excluding carboxylic acids is 1.